The Balaban J connectivity index is 2.19. The van der Waals surface area contributed by atoms with Crippen LogP contribution in [0.4, 0.5) is 5.69 Å². The number of ether oxygens (including phenoxy) is 2. The van der Waals surface area contributed by atoms with E-state index in [0.717, 1.165) is 5.56 Å². The van der Waals surface area contributed by atoms with Crippen LogP contribution in [0.3, 0.4) is 0 Å². The molecule has 0 saturated heterocycles. The number of esters is 1. The molecule has 1 heterocycles. The van der Waals surface area contributed by atoms with E-state index in [9.17, 15) is 9.59 Å². The number of amides is 1. The molecule has 0 spiro atoms. The van der Waals surface area contributed by atoms with Gasteiger partial charge >= 0.3 is 5.97 Å². The minimum Gasteiger partial charge on any atom is -0.460 e. The lowest BCUT2D eigenvalue weighted by Gasteiger charge is -2.07. The van der Waals surface area contributed by atoms with E-state index >= 15 is 0 Å². The normalized spacial score (nSPS) is 10.6. The number of methoxy groups -OCH3 is 1. The third-order valence-electron chi connectivity index (χ3n) is 3.82. The maximum atomic E-state index is 12.5. The van der Waals surface area contributed by atoms with Crippen molar-refractivity contribution in [1.29, 1.82) is 0 Å². The predicted molar refractivity (Wildman–Crippen MR) is 96.6 cm³/mol. The summed E-state index contributed by atoms with van der Waals surface area (Å²) >= 11 is 6.08. The number of hydrogen-bond donors (Lipinski definition) is 2. The van der Waals surface area contributed by atoms with Crippen molar-refractivity contribution in [2.24, 2.45) is 0 Å². The number of rotatable bonds is 6. The second-order valence-corrected chi connectivity index (χ2v) is 6.08. The number of carbonyl (C=O) groups excluding carboxylic acids is 2. The van der Waals surface area contributed by atoms with E-state index in [4.69, 9.17) is 21.1 Å². The standard InChI is InChI=1S/C18H21ClN2O4/c1-10-5-6-13(9-14(10)19)21-17(22)16-11(2)15(12(3)20-16)18(23)25-8-7-24-4/h5-6,9,20H,7-8H2,1-4H3,(H,21,22). The molecule has 0 bridgehead atoms. The Labute approximate surface area is 151 Å². The molecular weight excluding hydrogens is 344 g/mol. The Morgan fingerprint density at radius 2 is 1.92 bits per heavy atom. The Hall–Kier alpha value is -2.31. The number of benzene rings is 1. The van der Waals surface area contributed by atoms with E-state index in [0.29, 0.717) is 39.8 Å². The zero-order valence-corrected chi connectivity index (χ0v) is 15.4. The van der Waals surface area contributed by atoms with Gasteiger partial charge in [0.2, 0.25) is 0 Å². The number of aromatic amines is 1. The number of aryl methyl sites for hydroxylation is 2. The van der Waals surface area contributed by atoms with Gasteiger partial charge in [-0.05, 0) is 44.0 Å². The SMILES string of the molecule is COCCOC(=O)c1c(C)[nH]c(C(=O)Nc2ccc(C)c(Cl)c2)c1C. The number of carbonyl (C=O) groups is 2. The zero-order chi connectivity index (χ0) is 18.6. The molecule has 1 aromatic heterocycles. The molecule has 0 fully saturated rings. The molecule has 0 radical (unpaired) electrons. The van der Waals surface area contributed by atoms with E-state index < -0.39 is 5.97 Å². The van der Waals surface area contributed by atoms with E-state index in [1.54, 1.807) is 26.0 Å². The molecule has 0 atom stereocenters. The summed E-state index contributed by atoms with van der Waals surface area (Å²) in [7, 11) is 1.53. The summed E-state index contributed by atoms with van der Waals surface area (Å²) in [5, 5.41) is 3.34. The van der Waals surface area contributed by atoms with Crippen molar-refractivity contribution in [2.45, 2.75) is 20.8 Å². The Kier molecular flexibility index (Phi) is 6.22. The minimum absolute atomic E-state index is 0.156. The maximum absolute atomic E-state index is 12.5. The summed E-state index contributed by atoms with van der Waals surface area (Å²) in [4.78, 5) is 27.7. The highest BCUT2D eigenvalue weighted by molar-refractivity contribution is 6.31. The summed E-state index contributed by atoms with van der Waals surface area (Å²) in [5.41, 5.74) is 3.29. The predicted octanol–water partition coefficient (Wildman–Crippen LogP) is 3.65. The van der Waals surface area contributed by atoms with Gasteiger partial charge in [-0.3, -0.25) is 4.79 Å². The molecule has 134 valence electrons. The van der Waals surface area contributed by atoms with Crippen LogP contribution in [0.15, 0.2) is 18.2 Å². The van der Waals surface area contributed by atoms with E-state index in [-0.39, 0.29) is 12.5 Å². The number of halogens is 1. The monoisotopic (exact) mass is 364 g/mol. The van der Waals surface area contributed by atoms with Crippen LogP contribution in [0.25, 0.3) is 0 Å². The van der Waals surface area contributed by atoms with Crippen molar-refractivity contribution in [3.05, 3.63) is 51.3 Å². The summed E-state index contributed by atoms with van der Waals surface area (Å²) in [5.74, 6) is -0.836. The topological polar surface area (TPSA) is 80.4 Å². The van der Waals surface area contributed by atoms with Crippen molar-refractivity contribution in [2.75, 3.05) is 25.6 Å². The van der Waals surface area contributed by atoms with Gasteiger partial charge < -0.3 is 19.8 Å². The lowest BCUT2D eigenvalue weighted by atomic mass is 10.1. The van der Waals surface area contributed by atoms with Crippen molar-refractivity contribution in [1.82, 2.24) is 4.98 Å². The third kappa shape index (κ3) is 4.41. The first kappa shape index (κ1) is 19.0. The van der Waals surface area contributed by atoms with Crippen molar-refractivity contribution in [3.8, 4) is 0 Å². The molecule has 2 aromatic rings. The fraction of sp³-hybridized carbons (Fsp3) is 0.333. The van der Waals surface area contributed by atoms with Gasteiger partial charge in [0.05, 0.1) is 12.2 Å². The average molecular weight is 365 g/mol. The number of nitrogens with one attached hydrogen (secondary N) is 2. The first-order chi connectivity index (χ1) is 11.8. The van der Waals surface area contributed by atoms with Crippen molar-refractivity contribution < 1.29 is 19.1 Å². The molecule has 1 aromatic carbocycles. The molecule has 2 N–H and O–H groups in total. The Bertz CT molecular complexity index is 799. The van der Waals surface area contributed by atoms with E-state index in [1.165, 1.54) is 7.11 Å². The lowest BCUT2D eigenvalue weighted by Crippen LogP contribution is -2.14. The molecule has 0 saturated carbocycles. The van der Waals surface area contributed by atoms with Gasteiger partial charge in [0.1, 0.15) is 12.3 Å². The molecule has 0 aliphatic rings. The van der Waals surface area contributed by atoms with Crippen LogP contribution in [0, 0.1) is 20.8 Å². The molecule has 25 heavy (non-hydrogen) atoms. The number of H-pyrrole nitrogens is 1. The van der Waals surface area contributed by atoms with Crippen LogP contribution in [-0.4, -0.2) is 37.2 Å². The van der Waals surface area contributed by atoms with E-state index in [1.807, 2.05) is 13.0 Å². The molecule has 7 heteroatoms. The molecule has 6 nitrogen and oxygen atoms in total. The van der Waals surface area contributed by atoms with Gasteiger partial charge in [-0.2, -0.15) is 0 Å². The fourth-order valence-corrected chi connectivity index (χ4v) is 2.62. The van der Waals surface area contributed by atoms with E-state index in [2.05, 4.69) is 10.3 Å². The van der Waals surface area contributed by atoms with Crippen LogP contribution in [0.2, 0.25) is 5.02 Å². The van der Waals surface area contributed by atoms with Gasteiger partial charge in [-0.25, -0.2) is 4.79 Å². The first-order valence-corrected chi connectivity index (χ1v) is 8.15. The summed E-state index contributed by atoms with van der Waals surface area (Å²) in [6.45, 7) is 5.78. The second-order valence-electron chi connectivity index (χ2n) is 5.67. The molecular formula is C18H21ClN2O4. The first-order valence-electron chi connectivity index (χ1n) is 7.77. The molecule has 0 aliphatic heterocycles. The fourth-order valence-electron chi connectivity index (χ4n) is 2.44. The van der Waals surface area contributed by atoms with Gasteiger partial charge in [0.25, 0.3) is 5.91 Å². The summed E-state index contributed by atoms with van der Waals surface area (Å²) in [6.07, 6.45) is 0. The average Bonchev–Trinajstić information content (AvgIpc) is 2.86. The lowest BCUT2D eigenvalue weighted by molar-refractivity contribution is 0.0387. The maximum Gasteiger partial charge on any atom is 0.340 e. The van der Waals surface area contributed by atoms with Crippen LogP contribution in [-0.2, 0) is 9.47 Å². The quantitative estimate of drug-likeness (QED) is 0.605. The van der Waals surface area contributed by atoms with Crippen LogP contribution < -0.4 is 5.32 Å². The third-order valence-corrected chi connectivity index (χ3v) is 4.23. The largest absolute Gasteiger partial charge is 0.460 e. The Morgan fingerprint density at radius 3 is 2.56 bits per heavy atom. The summed E-state index contributed by atoms with van der Waals surface area (Å²) in [6, 6.07) is 5.27. The molecule has 1 amide bonds. The van der Waals surface area contributed by atoms with Gasteiger partial charge in [0.15, 0.2) is 0 Å². The van der Waals surface area contributed by atoms with Crippen molar-refractivity contribution >= 4 is 29.2 Å². The Morgan fingerprint density at radius 1 is 1.20 bits per heavy atom. The highest BCUT2D eigenvalue weighted by atomic mass is 35.5. The highest BCUT2D eigenvalue weighted by Crippen LogP contribution is 2.23. The van der Waals surface area contributed by atoms with Crippen LogP contribution in [0.5, 0.6) is 0 Å². The summed E-state index contributed by atoms with van der Waals surface area (Å²) < 4.78 is 9.99. The van der Waals surface area contributed by atoms with Gasteiger partial charge in [0, 0.05) is 23.5 Å². The zero-order valence-electron chi connectivity index (χ0n) is 14.7. The van der Waals surface area contributed by atoms with Crippen molar-refractivity contribution in [3.63, 3.8) is 0 Å². The second kappa shape index (κ2) is 8.18. The highest BCUT2D eigenvalue weighted by Gasteiger charge is 2.23. The number of aromatic nitrogens is 1. The van der Waals surface area contributed by atoms with Crippen LogP contribution in [0.1, 0.15) is 37.7 Å². The molecule has 0 aliphatic carbocycles. The molecule has 2 rings (SSSR count). The minimum atomic E-state index is -0.485. The smallest absolute Gasteiger partial charge is 0.340 e. The number of hydrogen-bond acceptors (Lipinski definition) is 4. The number of anilines is 1. The van der Waals surface area contributed by atoms with Gasteiger partial charge in [-0.1, -0.05) is 17.7 Å². The molecule has 0 unspecified atom stereocenters. The van der Waals surface area contributed by atoms with Crippen LogP contribution >= 0.6 is 11.6 Å². The van der Waals surface area contributed by atoms with Gasteiger partial charge in [-0.15, -0.1) is 0 Å².